The molecule has 0 radical (unpaired) electrons. The Morgan fingerprint density at radius 2 is 1.61 bits per heavy atom. The van der Waals surface area contributed by atoms with Crippen molar-refractivity contribution in [1.29, 1.82) is 5.26 Å². The molecule has 0 aromatic heterocycles. The molecule has 9 nitrogen and oxygen atoms in total. The molecular weight excluding hydrogens is 540 g/mol. The van der Waals surface area contributed by atoms with Gasteiger partial charge < -0.3 is 9.64 Å². The predicted octanol–water partition coefficient (Wildman–Crippen LogP) is 4.08. The monoisotopic (exact) mass is 574 g/mol. The smallest absolute Gasteiger partial charge is 0.271 e. The summed E-state index contributed by atoms with van der Waals surface area (Å²) in [6.07, 6.45) is 0. The number of nitriles is 1. The summed E-state index contributed by atoms with van der Waals surface area (Å²) < 4.78 is 35.0. The second kappa shape index (κ2) is 11.0. The van der Waals surface area contributed by atoms with E-state index in [1.54, 1.807) is 69.4 Å². The molecule has 10 heteroatoms. The summed E-state index contributed by atoms with van der Waals surface area (Å²) in [4.78, 5) is 31.1. The highest BCUT2D eigenvalue weighted by Gasteiger charge is 2.60. The minimum atomic E-state index is -4.42. The highest BCUT2D eigenvalue weighted by molar-refractivity contribution is 7.93. The number of nitrogens with zero attached hydrogens (tertiary/aromatic N) is 4. The number of para-hydroxylation sites is 1. The molecule has 41 heavy (non-hydrogen) atoms. The Bertz CT molecular complexity index is 1640. The number of carbonyl (C=O) groups is 2. The Labute approximate surface area is 241 Å². The van der Waals surface area contributed by atoms with Gasteiger partial charge in [0.15, 0.2) is 5.54 Å². The Kier molecular flexibility index (Phi) is 7.98. The van der Waals surface area contributed by atoms with Gasteiger partial charge in [-0.25, -0.2) is 12.7 Å². The summed E-state index contributed by atoms with van der Waals surface area (Å²) in [5, 5.41) is 9.79. The lowest BCUT2D eigenvalue weighted by atomic mass is 9.80. The first-order valence-electron chi connectivity index (χ1n) is 13.2. The maximum Gasteiger partial charge on any atom is 0.271 e. The maximum absolute atomic E-state index is 14.9. The van der Waals surface area contributed by atoms with Crippen LogP contribution < -0.4 is 9.04 Å². The van der Waals surface area contributed by atoms with Crippen LogP contribution >= 0.6 is 0 Å². The summed E-state index contributed by atoms with van der Waals surface area (Å²) in [5.74, 6) is -0.585. The molecule has 1 aliphatic rings. The van der Waals surface area contributed by atoms with Crippen molar-refractivity contribution in [3.63, 3.8) is 0 Å². The van der Waals surface area contributed by atoms with E-state index in [0.29, 0.717) is 11.3 Å². The van der Waals surface area contributed by atoms with Crippen molar-refractivity contribution in [1.82, 2.24) is 9.80 Å². The third-order valence-electron chi connectivity index (χ3n) is 7.72. The molecule has 214 valence electrons. The molecule has 4 rings (SSSR count). The molecular formula is C31H34N4O5S. The lowest BCUT2D eigenvalue weighted by Crippen LogP contribution is -2.59. The van der Waals surface area contributed by atoms with Crippen LogP contribution in [0.25, 0.3) is 0 Å². The topological polar surface area (TPSA) is 111 Å². The van der Waals surface area contributed by atoms with Gasteiger partial charge in [0.25, 0.3) is 15.9 Å². The van der Waals surface area contributed by atoms with Gasteiger partial charge in [-0.15, -0.1) is 0 Å². The zero-order valence-corrected chi connectivity index (χ0v) is 25.1. The zero-order valence-electron chi connectivity index (χ0n) is 24.2. The van der Waals surface area contributed by atoms with Crippen LogP contribution in [0.15, 0.2) is 71.6 Å². The highest BCUT2D eigenvalue weighted by atomic mass is 32.2. The lowest BCUT2D eigenvalue weighted by Gasteiger charge is -2.42. The minimum absolute atomic E-state index is 0.0542. The van der Waals surface area contributed by atoms with Gasteiger partial charge in [0.05, 0.1) is 35.4 Å². The van der Waals surface area contributed by atoms with Gasteiger partial charge in [-0.3, -0.25) is 14.5 Å². The quantitative estimate of drug-likeness (QED) is 0.399. The van der Waals surface area contributed by atoms with Gasteiger partial charge in [-0.2, -0.15) is 5.26 Å². The van der Waals surface area contributed by atoms with Crippen molar-refractivity contribution in [3.05, 3.63) is 89.0 Å². The Morgan fingerprint density at radius 1 is 0.976 bits per heavy atom. The van der Waals surface area contributed by atoms with Crippen molar-refractivity contribution in [2.45, 2.75) is 43.2 Å². The normalized spacial score (nSPS) is 17.4. The van der Waals surface area contributed by atoms with Crippen LogP contribution in [0, 0.1) is 11.3 Å². The van der Waals surface area contributed by atoms with E-state index in [1.165, 1.54) is 42.3 Å². The van der Waals surface area contributed by atoms with E-state index >= 15 is 0 Å². The molecule has 2 atom stereocenters. The Hall–Kier alpha value is -4.20. The van der Waals surface area contributed by atoms with Gasteiger partial charge in [0.2, 0.25) is 5.91 Å². The Balaban J connectivity index is 2.08. The summed E-state index contributed by atoms with van der Waals surface area (Å²) in [7, 11) is 1.86. The van der Waals surface area contributed by atoms with Crippen molar-refractivity contribution in [3.8, 4) is 11.8 Å². The molecule has 1 aliphatic heterocycles. The van der Waals surface area contributed by atoms with Crippen LogP contribution in [0.2, 0.25) is 0 Å². The number of likely N-dealkylation sites (N-methyl/N-ethyl adjacent to an activating group) is 2. The number of benzene rings is 3. The van der Waals surface area contributed by atoms with Crippen molar-refractivity contribution in [2.75, 3.05) is 32.6 Å². The van der Waals surface area contributed by atoms with Gasteiger partial charge in [-0.05, 0) is 61.9 Å². The summed E-state index contributed by atoms with van der Waals surface area (Å²) in [6, 6.07) is 18.9. The van der Waals surface area contributed by atoms with E-state index in [-0.39, 0.29) is 33.5 Å². The van der Waals surface area contributed by atoms with Crippen LogP contribution in [0.3, 0.4) is 0 Å². The number of rotatable bonds is 8. The average molecular weight is 575 g/mol. The number of methoxy groups -OCH3 is 1. The van der Waals surface area contributed by atoms with Crippen LogP contribution in [0.5, 0.6) is 5.75 Å². The average Bonchev–Trinajstić information content (AvgIpc) is 3.23. The number of fused-ring (bicyclic) bond motifs is 1. The first kappa shape index (κ1) is 29.8. The molecule has 0 saturated carbocycles. The van der Waals surface area contributed by atoms with Gasteiger partial charge in [-0.1, -0.05) is 44.2 Å². The summed E-state index contributed by atoms with van der Waals surface area (Å²) >= 11 is 0. The van der Waals surface area contributed by atoms with Gasteiger partial charge in [0, 0.05) is 25.2 Å². The molecule has 0 saturated heterocycles. The molecule has 0 aliphatic carbocycles. The number of anilines is 1. The number of sulfonamides is 1. The predicted molar refractivity (Wildman–Crippen MR) is 156 cm³/mol. The van der Waals surface area contributed by atoms with E-state index in [4.69, 9.17) is 4.74 Å². The van der Waals surface area contributed by atoms with Gasteiger partial charge >= 0.3 is 0 Å². The summed E-state index contributed by atoms with van der Waals surface area (Å²) in [5.41, 5.74) is 0.0625. The molecule has 0 N–H and O–H groups in total. The van der Waals surface area contributed by atoms with E-state index in [0.717, 1.165) is 9.87 Å². The van der Waals surface area contributed by atoms with Crippen LogP contribution in [0.1, 0.15) is 48.9 Å². The third kappa shape index (κ3) is 4.65. The van der Waals surface area contributed by atoms with E-state index < -0.39 is 27.5 Å². The second-order valence-corrected chi connectivity index (χ2v) is 12.4. The van der Waals surface area contributed by atoms with E-state index in [1.807, 2.05) is 13.8 Å². The van der Waals surface area contributed by atoms with Crippen molar-refractivity contribution < 1.29 is 22.7 Å². The van der Waals surface area contributed by atoms with Crippen LogP contribution in [0.4, 0.5) is 5.69 Å². The molecule has 3 aromatic rings. The molecule has 2 amide bonds. The number of hydrogen-bond donors (Lipinski definition) is 0. The molecule has 1 heterocycles. The van der Waals surface area contributed by atoms with Gasteiger partial charge in [0.1, 0.15) is 5.75 Å². The first-order valence-corrected chi connectivity index (χ1v) is 14.6. The van der Waals surface area contributed by atoms with Crippen LogP contribution in [-0.2, 0) is 25.2 Å². The number of ether oxygens (including phenoxy) is 1. The zero-order chi connectivity index (χ0) is 30.3. The second-order valence-electron chi connectivity index (χ2n) is 10.6. The van der Waals surface area contributed by atoms with Crippen molar-refractivity contribution >= 4 is 27.5 Å². The Morgan fingerprint density at radius 3 is 2.17 bits per heavy atom. The van der Waals surface area contributed by atoms with E-state index in [9.17, 15) is 23.3 Å². The highest BCUT2D eigenvalue weighted by Crippen LogP contribution is 2.52. The molecule has 0 fully saturated rings. The van der Waals surface area contributed by atoms with Crippen LogP contribution in [-0.4, -0.2) is 64.3 Å². The number of amides is 2. The van der Waals surface area contributed by atoms with E-state index in [2.05, 4.69) is 6.07 Å². The fourth-order valence-corrected chi connectivity index (χ4v) is 6.84. The fraction of sp³-hybridized carbons (Fsp3) is 0.323. The lowest BCUT2D eigenvalue weighted by molar-refractivity contribution is -0.138. The van der Waals surface area contributed by atoms with Crippen molar-refractivity contribution in [2.24, 2.45) is 0 Å². The fourth-order valence-electron chi connectivity index (χ4n) is 5.38. The largest absolute Gasteiger partial charge is 0.496 e. The SMILES string of the molecule is COc1ccccc1[C@]1(N(C)C(C)C(=O)N(C)C)C(=O)N(S(=O)(=O)c2ccc(C(C)C)cc2)c2ccc(C#N)cc21. The number of hydrogen-bond acceptors (Lipinski definition) is 7. The summed E-state index contributed by atoms with van der Waals surface area (Å²) in [6.45, 7) is 5.66. The minimum Gasteiger partial charge on any atom is -0.496 e. The maximum atomic E-state index is 14.9. The third-order valence-corrected chi connectivity index (χ3v) is 9.43. The molecule has 1 unspecified atom stereocenters. The standard InChI is InChI=1S/C31H34N4O5S/c1-20(2)23-13-15-24(16-14-23)41(38,39)35-27-17-12-22(19-32)18-26(27)31(30(35)37,25-10-8-9-11-28(25)40-7)34(6)21(3)29(36)33(4)5/h8-18,20-21H,1-7H3/t21?,31-/m1/s1. The number of carbonyl (C=O) groups excluding carboxylic acids is 2. The molecule has 3 aromatic carbocycles. The first-order chi connectivity index (χ1) is 19.3. The molecule has 0 bridgehead atoms. The molecule has 0 spiro atoms.